The van der Waals surface area contributed by atoms with Crippen molar-refractivity contribution in [2.24, 2.45) is 0 Å². The molecule has 0 radical (unpaired) electrons. The van der Waals surface area contributed by atoms with Gasteiger partial charge in [-0.05, 0) is 50.5 Å². The first-order chi connectivity index (χ1) is 14.3. The van der Waals surface area contributed by atoms with Crippen molar-refractivity contribution in [3.05, 3.63) is 53.1 Å². The highest BCUT2D eigenvalue weighted by molar-refractivity contribution is 7.91. The molecule has 1 unspecified atom stereocenters. The molecule has 3 aromatic rings. The van der Waals surface area contributed by atoms with E-state index in [1.165, 1.54) is 12.1 Å². The van der Waals surface area contributed by atoms with Gasteiger partial charge in [0, 0.05) is 23.1 Å². The van der Waals surface area contributed by atoms with Crippen molar-refractivity contribution in [1.82, 2.24) is 14.8 Å². The number of amides is 1. The molecule has 0 bridgehead atoms. The van der Waals surface area contributed by atoms with E-state index in [1.54, 1.807) is 29.8 Å². The summed E-state index contributed by atoms with van der Waals surface area (Å²) >= 11 is 0. The topological polar surface area (TPSA) is 94.0 Å². The van der Waals surface area contributed by atoms with Crippen LogP contribution in [0.5, 0.6) is 0 Å². The van der Waals surface area contributed by atoms with Crippen LogP contribution in [0.4, 0.5) is 10.2 Å². The lowest BCUT2D eigenvalue weighted by Crippen LogP contribution is -2.20. The average molecular weight is 428 g/mol. The summed E-state index contributed by atoms with van der Waals surface area (Å²) in [6.45, 7) is 1.79. The molecule has 30 heavy (non-hydrogen) atoms. The highest BCUT2D eigenvalue weighted by Crippen LogP contribution is 2.40. The van der Waals surface area contributed by atoms with E-state index in [0.29, 0.717) is 40.3 Å². The first-order valence-corrected chi connectivity index (χ1v) is 11.8. The van der Waals surface area contributed by atoms with Crippen LogP contribution < -0.4 is 5.32 Å². The van der Waals surface area contributed by atoms with Gasteiger partial charge >= 0.3 is 0 Å². The van der Waals surface area contributed by atoms with Crippen LogP contribution in [0.1, 0.15) is 53.0 Å². The Balaban J connectivity index is 1.52. The zero-order valence-electron chi connectivity index (χ0n) is 16.4. The summed E-state index contributed by atoms with van der Waals surface area (Å²) in [6, 6.07) is 7.39. The fraction of sp³-hybridized carbons (Fsp3) is 0.381. The molecular weight excluding hydrogens is 407 g/mol. The second-order valence-corrected chi connectivity index (χ2v) is 10.4. The zero-order chi connectivity index (χ0) is 21.0. The second-order valence-electron chi connectivity index (χ2n) is 8.16. The first kappa shape index (κ1) is 19.2. The van der Waals surface area contributed by atoms with Crippen LogP contribution in [0.25, 0.3) is 10.9 Å². The summed E-state index contributed by atoms with van der Waals surface area (Å²) in [5.74, 6) is 0.0673. The van der Waals surface area contributed by atoms with Crippen LogP contribution in [0.15, 0.2) is 30.3 Å². The van der Waals surface area contributed by atoms with Gasteiger partial charge in [0.15, 0.2) is 9.84 Å². The maximum atomic E-state index is 13.9. The molecule has 156 valence electrons. The van der Waals surface area contributed by atoms with Crippen molar-refractivity contribution in [1.29, 1.82) is 0 Å². The van der Waals surface area contributed by atoms with Crippen LogP contribution in [-0.2, 0) is 9.84 Å². The van der Waals surface area contributed by atoms with E-state index in [4.69, 9.17) is 0 Å². The number of nitrogens with zero attached hydrogens (tertiary/aromatic N) is 3. The molecule has 1 N–H and O–H groups in total. The minimum absolute atomic E-state index is 0.00617. The summed E-state index contributed by atoms with van der Waals surface area (Å²) in [5, 5.41) is 7.72. The molecule has 7 nitrogen and oxygen atoms in total. The Morgan fingerprint density at radius 3 is 2.70 bits per heavy atom. The number of nitrogens with one attached hydrogen (secondary N) is 1. The average Bonchev–Trinajstić information content (AvgIpc) is 3.39. The molecule has 3 heterocycles. The van der Waals surface area contributed by atoms with Gasteiger partial charge in [0.2, 0.25) is 0 Å². The van der Waals surface area contributed by atoms with Crippen LogP contribution in [0.3, 0.4) is 0 Å². The van der Waals surface area contributed by atoms with Gasteiger partial charge in [-0.25, -0.2) is 17.5 Å². The molecule has 1 aliphatic carbocycles. The van der Waals surface area contributed by atoms with Crippen LogP contribution >= 0.6 is 0 Å². The number of halogens is 1. The lowest BCUT2D eigenvalue weighted by molar-refractivity contribution is 0.102. The third kappa shape index (κ3) is 3.58. The molecule has 1 aromatic carbocycles. The molecule has 1 atom stereocenters. The van der Waals surface area contributed by atoms with Crippen molar-refractivity contribution in [2.75, 3.05) is 16.8 Å². The number of fused-ring (bicyclic) bond motifs is 1. The van der Waals surface area contributed by atoms with E-state index in [0.717, 1.165) is 18.5 Å². The van der Waals surface area contributed by atoms with Crippen molar-refractivity contribution in [2.45, 2.75) is 38.1 Å². The summed E-state index contributed by atoms with van der Waals surface area (Å²) in [6.07, 6.45) is 2.52. The fourth-order valence-electron chi connectivity index (χ4n) is 4.03. The Bertz CT molecular complexity index is 1280. The monoisotopic (exact) mass is 428 g/mol. The summed E-state index contributed by atoms with van der Waals surface area (Å²) < 4.78 is 39.3. The third-order valence-electron chi connectivity index (χ3n) is 5.68. The maximum absolute atomic E-state index is 13.9. The summed E-state index contributed by atoms with van der Waals surface area (Å²) in [4.78, 5) is 17.8. The molecular formula is C21H21FN4O3S. The van der Waals surface area contributed by atoms with Gasteiger partial charge in [0.25, 0.3) is 5.91 Å². The number of rotatable bonds is 4. The SMILES string of the molecule is Cc1cc(NC(=O)c2cc(C3CC3)nc3ccc(F)cc23)n(C2CCS(=O)(=O)C2)n1. The lowest BCUT2D eigenvalue weighted by Gasteiger charge is -2.15. The molecule has 9 heteroatoms. The number of anilines is 1. The number of hydrogen-bond acceptors (Lipinski definition) is 5. The highest BCUT2D eigenvalue weighted by atomic mass is 32.2. The molecule has 2 aliphatic rings. The number of sulfone groups is 1. The van der Waals surface area contributed by atoms with E-state index >= 15 is 0 Å². The molecule has 1 saturated carbocycles. The van der Waals surface area contributed by atoms with Crippen LogP contribution in [0, 0.1) is 12.7 Å². The minimum Gasteiger partial charge on any atom is -0.307 e. The van der Waals surface area contributed by atoms with Gasteiger partial charge in [-0.3, -0.25) is 9.78 Å². The Morgan fingerprint density at radius 1 is 1.20 bits per heavy atom. The fourth-order valence-corrected chi connectivity index (χ4v) is 5.73. The Hall–Kier alpha value is -2.81. The Labute approximate surface area is 173 Å². The van der Waals surface area contributed by atoms with Crippen LogP contribution in [0.2, 0.25) is 0 Å². The van der Waals surface area contributed by atoms with Gasteiger partial charge in [-0.1, -0.05) is 0 Å². The zero-order valence-corrected chi connectivity index (χ0v) is 17.2. The second kappa shape index (κ2) is 6.87. The molecule has 1 aliphatic heterocycles. The number of carbonyl (C=O) groups excluding carboxylic acids is 1. The number of hydrogen-bond donors (Lipinski definition) is 1. The predicted molar refractivity (Wildman–Crippen MR) is 111 cm³/mol. The molecule has 5 rings (SSSR count). The Kier molecular flexibility index (Phi) is 4.39. The molecule has 2 fully saturated rings. The predicted octanol–water partition coefficient (Wildman–Crippen LogP) is 3.37. The third-order valence-corrected chi connectivity index (χ3v) is 7.43. The van der Waals surface area contributed by atoms with Crippen molar-refractivity contribution >= 4 is 32.5 Å². The molecule has 1 amide bonds. The minimum atomic E-state index is -3.10. The van der Waals surface area contributed by atoms with Gasteiger partial charge in [-0.15, -0.1) is 0 Å². The lowest BCUT2D eigenvalue weighted by atomic mass is 10.0. The quantitative estimate of drug-likeness (QED) is 0.688. The van der Waals surface area contributed by atoms with Gasteiger partial charge in [0.05, 0.1) is 34.3 Å². The van der Waals surface area contributed by atoms with Gasteiger partial charge < -0.3 is 5.32 Å². The number of aromatic nitrogens is 3. The van der Waals surface area contributed by atoms with Crippen molar-refractivity contribution in [3.8, 4) is 0 Å². The molecule has 1 saturated heterocycles. The normalized spacial score (nSPS) is 20.5. The van der Waals surface area contributed by atoms with E-state index in [1.807, 2.05) is 0 Å². The van der Waals surface area contributed by atoms with Crippen molar-refractivity contribution < 1.29 is 17.6 Å². The summed E-state index contributed by atoms with van der Waals surface area (Å²) in [5.41, 5.74) is 2.45. The number of carbonyl (C=O) groups is 1. The largest absolute Gasteiger partial charge is 0.307 e. The van der Waals surface area contributed by atoms with Gasteiger partial charge in [0.1, 0.15) is 11.6 Å². The molecule has 2 aromatic heterocycles. The molecule has 0 spiro atoms. The summed E-state index contributed by atoms with van der Waals surface area (Å²) in [7, 11) is -3.10. The van der Waals surface area contributed by atoms with E-state index in [-0.39, 0.29) is 17.5 Å². The number of pyridine rings is 1. The number of aryl methyl sites for hydroxylation is 1. The Morgan fingerprint density at radius 2 is 2.00 bits per heavy atom. The van der Waals surface area contributed by atoms with Gasteiger partial charge in [-0.2, -0.15) is 5.10 Å². The van der Waals surface area contributed by atoms with Crippen molar-refractivity contribution in [3.63, 3.8) is 0 Å². The number of benzene rings is 1. The van der Waals surface area contributed by atoms with E-state index < -0.39 is 21.6 Å². The first-order valence-electron chi connectivity index (χ1n) is 9.97. The standard InChI is InChI=1S/C21H21FN4O3S/c1-12-8-20(26(25-12)15-6-7-30(28,29)11-15)24-21(27)17-10-19(13-2-3-13)23-18-5-4-14(22)9-16(17)18/h4-5,8-10,13,15H,2-3,6-7,11H2,1H3,(H,24,27). The highest BCUT2D eigenvalue weighted by Gasteiger charge is 2.32. The maximum Gasteiger partial charge on any atom is 0.257 e. The van der Waals surface area contributed by atoms with E-state index in [9.17, 15) is 17.6 Å². The smallest absolute Gasteiger partial charge is 0.257 e. The van der Waals surface area contributed by atoms with E-state index in [2.05, 4.69) is 15.4 Å². The van der Waals surface area contributed by atoms with Crippen LogP contribution in [-0.4, -0.2) is 40.6 Å².